The first kappa shape index (κ1) is 15.5. The average molecular weight is 251 g/mol. The summed E-state index contributed by atoms with van der Waals surface area (Å²) in [4.78, 5) is 2.60. The fourth-order valence-corrected chi connectivity index (χ4v) is 2.17. The molecule has 3 heteroatoms. The van der Waals surface area contributed by atoms with E-state index in [2.05, 4.69) is 37.1 Å². The van der Waals surface area contributed by atoms with Gasteiger partial charge in [0.2, 0.25) is 0 Å². The molecule has 0 bridgehead atoms. The van der Waals surface area contributed by atoms with Crippen LogP contribution in [0.15, 0.2) is 0 Å². The van der Waals surface area contributed by atoms with E-state index >= 15 is 0 Å². The minimum Gasteiger partial charge on any atom is -0.302 e. The number of hydrogen-bond donors (Lipinski definition) is 1. The van der Waals surface area contributed by atoms with Gasteiger partial charge in [-0.1, -0.05) is 20.8 Å². The Morgan fingerprint density at radius 1 is 1.28 bits per heavy atom. The lowest BCUT2D eigenvalue weighted by atomic mass is 10.1. The van der Waals surface area contributed by atoms with Crippen LogP contribution in [0.4, 0.5) is 0 Å². The molecule has 1 aliphatic rings. The van der Waals surface area contributed by atoms with E-state index in [1.807, 2.05) is 0 Å². The van der Waals surface area contributed by atoms with Gasteiger partial charge in [-0.3, -0.25) is 0 Å². The van der Waals surface area contributed by atoms with Crippen LogP contribution in [-0.2, 0) is 0 Å². The molecule has 0 amide bonds. The van der Waals surface area contributed by atoms with E-state index in [4.69, 9.17) is 5.26 Å². The summed E-state index contributed by atoms with van der Waals surface area (Å²) in [6.45, 7) is 9.94. The average Bonchev–Trinajstić information content (AvgIpc) is 3.16. The topological polar surface area (TPSA) is 39.1 Å². The van der Waals surface area contributed by atoms with E-state index in [0.717, 1.165) is 37.9 Å². The summed E-state index contributed by atoms with van der Waals surface area (Å²) >= 11 is 0. The maximum absolute atomic E-state index is 9.11. The fourth-order valence-electron chi connectivity index (χ4n) is 2.17. The summed E-state index contributed by atoms with van der Waals surface area (Å²) in [6, 6.07) is 3.23. The van der Waals surface area contributed by atoms with Crippen LogP contribution < -0.4 is 5.32 Å². The van der Waals surface area contributed by atoms with Gasteiger partial charge < -0.3 is 10.2 Å². The van der Waals surface area contributed by atoms with Crippen molar-refractivity contribution in [1.82, 2.24) is 10.2 Å². The van der Waals surface area contributed by atoms with Gasteiger partial charge in [-0.15, -0.1) is 0 Å². The monoisotopic (exact) mass is 251 g/mol. The summed E-state index contributed by atoms with van der Waals surface area (Å²) < 4.78 is 0. The highest BCUT2D eigenvalue weighted by Crippen LogP contribution is 2.27. The molecular formula is C15H29N3. The highest BCUT2D eigenvalue weighted by Gasteiger charge is 2.28. The standard InChI is InChI=1S/C15H29N3/c1-4-9-17-14(12-16)8-11-18(15-5-6-15)10-7-13(2)3/h13-15,17H,4-11H2,1-3H3. The van der Waals surface area contributed by atoms with Gasteiger partial charge in [0.1, 0.15) is 0 Å². The second-order valence-corrected chi connectivity index (χ2v) is 5.87. The smallest absolute Gasteiger partial charge is 0.0965 e. The van der Waals surface area contributed by atoms with Crippen molar-refractivity contribution in [2.75, 3.05) is 19.6 Å². The number of nitrogens with one attached hydrogen (secondary N) is 1. The third-order valence-corrected chi connectivity index (χ3v) is 3.56. The molecule has 104 valence electrons. The minimum absolute atomic E-state index is 0.0326. The zero-order chi connectivity index (χ0) is 13.4. The zero-order valence-electron chi connectivity index (χ0n) is 12.3. The predicted octanol–water partition coefficient (Wildman–Crippen LogP) is 2.78. The van der Waals surface area contributed by atoms with E-state index in [1.54, 1.807) is 0 Å². The van der Waals surface area contributed by atoms with Crippen LogP contribution in [0.1, 0.15) is 52.9 Å². The summed E-state index contributed by atoms with van der Waals surface area (Å²) in [5.41, 5.74) is 0. The molecule has 0 spiro atoms. The quantitative estimate of drug-likeness (QED) is 0.649. The Morgan fingerprint density at radius 2 is 1.94 bits per heavy atom. The Labute approximate surface area is 113 Å². The van der Waals surface area contributed by atoms with Crippen molar-refractivity contribution < 1.29 is 0 Å². The minimum atomic E-state index is 0.0326. The first-order valence-electron chi connectivity index (χ1n) is 7.54. The van der Waals surface area contributed by atoms with Gasteiger partial charge in [0.05, 0.1) is 12.1 Å². The molecule has 18 heavy (non-hydrogen) atoms. The molecule has 0 aromatic heterocycles. The van der Waals surface area contributed by atoms with Crippen molar-refractivity contribution in [3.05, 3.63) is 0 Å². The lowest BCUT2D eigenvalue weighted by Crippen LogP contribution is -2.35. The lowest BCUT2D eigenvalue weighted by Gasteiger charge is -2.24. The Bertz CT molecular complexity index is 253. The summed E-state index contributed by atoms with van der Waals surface area (Å²) in [5, 5.41) is 12.4. The molecule has 0 aromatic rings. The molecule has 1 saturated carbocycles. The Kier molecular flexibility index (Phi) is 7.31. The number of rotatable bonds is 10. The molecular weight excluding hydrogens is 222 g/mol. The molecule has 1 atom stereocenters. The van der Waals surface area contributed by atoms with E-state index in [1.165, 1.54) is 25.8 Å². The molecule has 1 fully saturated rings. The van der Waals surface area contributed by atoms with Crippen LogP contribution >= 0.6 is 0 Å². The molecule has 3 nitrogen and oxygen atoms in total. The zero-order valence-corrected chi connectivity index (χ0v) is 12.3. The van der Waals surface area contributed by atoms with Crippen molar-refractivity contribution in [1.29, 1.82) is 5.26 Å². The maximum Gasteiger partial charge on any atom is 0.0965 e. The van der Waals surface area contributed by atoms with Gasteiger partial charge in [-0.25, -0.2) is 0 Å². The van der Waals surface area contributed by atoms with Crippen LogP contribution in [-0.4, -0.2) is 36.6 Å². The number of nitriles is 1. The van der Waals surface area contributed by atoms with Gasteiger partial charge in [-0.05, 0) is 51.1 Å². The Morgan fingerprint density at radius 3 is 2.44 bits per heavy atom. The van der Waals surface area contributed by atoms with Crippen LogP contribution in [0.5, 0.6) is 0 Å². The first-order valence-corrected chi connectivity index (χ1v) is 7.54. The highest BCUT2D eigenvalue weighted by atomic mass is 15.2. The largest absolute Gasteiger partial charge is 0.302 e. The van der Waals surface area contributed by atoms with Crippen molar-refractivity contribution in [3.8, 4) is 6.07 Å². The Hall–Kier alpha value is -0.590. The van der Waals surface area contributed by atoms with Gasteiger partial charge in [0, 0.05) is 12.6 Å². The fraction of sp³-hybridized carbons (Fsp3) is 0.933. The van der Waals surface area contributed by atoms with Gasteiger partial charge in [0.25, 0.3) is 0 Å². The molecule has 0 saturated heterocycles. The third kappa shape index (κ3) is 6.37. The van der Waals surface area contributed by atoms with Crippen LogP contribution in [0.2, 0.25) is 0 Å². The third-order valence-electron chi connectivity index (χ3n) is 3.56. The molecule has 0 aliphatic heterocycles. The maximum atomic E-state index is 9.11. The SMILES string of the molecule is CCCNC(C#N)CCN(CCC(C)C)C1CC1. The number of hydrogen-bond acceptors (Lipinski definition) is 3. The summed E-state index contributed by atoms with van der Waals surface area (Å²) in [7, 11) is 0. The van der Waals surface area contributed by atoms with Crippen molar-refractivity contribution in [2.24, 2.45) is 5.92 Å². The first-order chi connectivity index (χ1) is 8.67. The normalized spacial score (nSPS) is 17.1. The molecule has 0 aromatic carbocycles. The van der Waals surface area contributed by atoms with Crippen molar-refractivity contribution >= 4 is 0 Å². The molecule has 1 unspecified atom stereocenters. The van der Waals surface area contributed by atoms with E-state index in [-0.39, 0.29) is 6.04 Å². The molecule has 0 radical (unpaired) electrons. The van der Waals surface area contributed by atoms with Crippen molar-refractivity contribution in [2.45, 2.75) is 65.0 Å². The van der Waals surface area contributed by atoms with E-state index < -0.39 is 0 Å². The highest BCUT2D eigenvalue weighted by molar-refractivity contribution is 4.92. The molecule has 1 rings (SSSR count). The molecule has 0 heterocycles. The van der Waals surface area contributed by atoms with Crippen molar-refractivity contribution in [3.63, 3.8) is 0 Å². The second-order valence-electron chi connectivity index (χ2n) is 5.87. The summed E-state index contributed by atoms with van der Waals surface area (Å²) in [5.74, 6) is 0.774. The predicted molar refractivity (Wildman–Crippen MR) is 76.4 cm³/mol. The molecule has 1 N–H and O–H groups in total. The van der Waals surface area contributed by atoms with Crippen LogP contribution in [0, 0.1) is 17.2 Å². The van der Waals surface area contributed by atoms with Crippen LogP contribution in [0.3, 0.4) is 0 Å². The van der Waals surface area contributed by atoms with E-state index in [9.17, 15) is 0 Å². The van der Waals surface area contributed by atoms with E-state index in [0.29, 0.717) is 0 Å². The second kappa shape index (κ2) is 8.50. The van der Waals surface area contributed by atoms with Gasteiger partial charge in [0.15, 0.2) is 0 Å². The van der Waals surface area contributed by atoms with Gasteiger partial charge >= 0.3 is 0 Å². The van der Waals surface area contributed by atoms with Gasteiger partial charge in [-0.2, -0.15) is 5.26 Å². The summed E-state index contributed by atoms with van der Waals surface area (Å²) in [6.07, 6.45) is 6.05. The number of nitrogens with zero attached hydrogens (tertiary/aromatic N) is 2. The molecule has 1 aliphatic carbocycles. The lowest BCUT2D eigenvalue weighted by molar-refractivity contribution is 0.239. The Balaban J connectivity index is 2.25. The van der Waals surface area contributed by atoms with Crippen LogP contribution in [0.25, 0.3) is 0 Å².